The van der Waals surface area contributed by atoms with Crippen LogP contribution in [0.25, 0.3) is 0 Å². The van der Waals surface area contributed by atoms with Gasteiger partial charge in [0.15, 0.2) is 5.96 Å². The van der Waals surface area contributed by atoms with Gasteiger partial charge in [-0.05, 0) is 37.0 Å². The summed E-state index contributed by atoms with van der Waals surface area (Å²) < 4.78 is 26.1. The summed E-state index contributed by atoms with van der Waals surface area (Å²) in [4.78, 5) is 8.76. The number of hydrogen-bond acceptors (Lipinski definition) is 4. The van der Waals surface area contributed by atoms with Crippen molar-refractivity contribution in [2.45, 2.75) is 39.7 Å². The average Bonchev–Trinajstić information content (AvgIpc) is 2.73. The van der Waals surface area contributed by atoms with Gasteiger partial charge < -0.3 is 15.1 Å². The lowest BCUT2D eigenvalue weighted by Gasteiger charge is -2.29. The van der Waals surface area contributed by atoms with Gasteiger partial charge in [-0.15, -0.1) is 24.0 Å². The second-order valence-electron chi connectivity index (χ2n) is 7.44. The van der Waals surface area contributed by atoms with E-state index in [0.717, 1.165) is 13.1 Å². The van der Waals surface area contributed by atoms with Crippen molar-refractivity contribution in [3.63, 3.8) is 0 Å². The van der Waals surface area contributed by atoms with E-state index in [1.54, 1.807) is 7.05 Å². The summed E-state index contributed by atoms with van der Waals surface area (Å²) in [5.74, 6) is 0.756. The van der Waals surface area contributed by atoms with E-state index in [9.17, 15) is 8.42 Å². The predicted octanol–water partition coefficient (Wildman–Crippen LogP) is 2.97. The topological polar surface area (TPSA) is 68.2 Å². The first-order valence-electron chi connectivity index (χ1n) is 10.6. The minimum Gasteiger partial charge on any atom is -0.372 e. The standard InChI is InChI=1S/C21H37N5O2S.HI/c1-5-26(6-2)29(27,28)17-14-23-21(22-3)24(4)18-19-10-12-20(13-11-19)25-15-8-7-9-16-25;/h10-13H,5-9,14-18H2,1-4H3,(H,22,23);1H. The highest BCUT2D eigenvalue weighted by molar-refractivity contribution is 14.0. The fourth-order valence-electron chi connectivity index (χ4n) is 3.74. The molecule has 1 aromatic rings. The van der Waals surface area contributed by atoms with Crippen molar-refractivity contribution >= 4 is 45.6 Å². The van der Waals surface area contributed by atoms with Crippen molar-refractivity contribution in [1.29, 1.82) is 0 Å². The third kappa shape index (κ3) is 7.88. The zero-order valence-corrected chi connectivity index (χ0v) is 21.9. The van der Waals surface area contributed by atoms with Crippen LogP contribution in [0.4, 0.5) is 5.69 Å². The van der Waals surface area contributed by atoms with E-state index in [0.29, 0.717) is 32.1 Å². The van der Waals surface area contributed by atoms with Crippen LogP contribution in [0, 0.1) is 0 Å². The second kappa shape index (κ2) is 13.4. The monoisotopic (exact) mass is 551 g/mol. The Morgan fingerprint density at radius 2 is 1.70 bits per heavy atom. The molecule has 1 N–H and O–H groups in total. The van der Waals surface area contributed by atoms with E-state index < -0.39 is 10.0 Å². The fraction of sp³-hybridized carbons (Fsp3) is 0.667. The van der Waals surface area contributed by atoms with Crippen molar-refractivity contribution in [2.24, 2.45) is 4.99 Å². The van der Waals surface area contributed by atoms with E-state index in [-0.39, 0.29) is 29.7 Å². The summed E-state index contributed by atoms with van der Waals surface area (Å²) in [6.07, 6.45) is 3.88. The number of hydrogen-bond donors (Lipinski definition) is 1. The molecule has 0 aromatic heterocycles. The summed E-state index contributed by atoms with van der Waals surface area (Å²) in [6.45, 7) is 8.06. The van der Waals surface area contributed by atoms with Crippen molar-refractivity contribution in [1.82, 2.24) is 14.5 Å². The summed E-state index contributed by atoms with van der Waals surface area (Å²) in [5, 5.41) is 3.17. The molecule has 0 amide bonds. The van der Waals surface area contributed by atoms with Gasteiger partial charge in [0, 0.05) is 59.1 Å². The van der Waals surface area contributed by atoms with Crippen molar-refractivity contribution in [3.05, 3.63) is 29.8 Å². The lowest BCUT2D eigenvalue weighted by molar-refractivity contribution is 0.443. The molecule has 0 bridgehead atoms. The van der Waals surface area contributed by atoms with Gasteiger partial charge in [0.25, 0.3) is 0 Å². The zero-order chi connectivity index (χ0) is 21.3. The third-order valence-electron chi connectivity index (χ3n) is 5.39. The summed E-state index contributed by atoms with van der Waals surface area (Å²) in [6, 6.07) is 8.72. The van der Waals surface area contributed by atoms with Gasteiger partial charge in [-0.1, -0.05) is 26.0 Å². The lowest BCUT2D eigenvalue weighted by Crippen LogP contribution is -2.42. The Bertz CT molecular complexity index is 745. The Labute approximate surface area is 200 Å². The molecule has 0 saturated carbocycles. The molecule has 1 fully saturated rings. The van der Waals surface area contributed by atoms with Gasteiger partial charge in [0.1, 0.15) is 0 Å². The number of nitrogens with one attached hydrogen (secondary N) is 1. The van der Waals surface area contributed by atoms with Gasteiger partial charge >= 0.3 is 0 Å². The van der Waals surface area contributed by atoms with Gasteiger partial charge in [-0.2, -0.15) is 0 Å². The third-order valence-corrected chi connectivity index (χ3v) is 7.42. The second-order valence-corrected chi connectivity index (χ2v) is 9.53. The molecule has 0 unspecified atom stereocenters. The Morgan fingerprint density at radius 3 is 2.23 bits per heavy atom. The van der Waals surface area contributed by atoms with Gasteiger partial charge in [-0.25, -0.2) is 12.7 Å². The Morgan fingerprint density at radius 1 is 1.10 bits per heavy atom. The predicted molar refractivity (Wildman–Crippen MR) is 137 cm³/mol. The molecule has 1 heterocycles. The highest BCUT2D eigenvalue weighted by Gasteiger charge is 2.18. The van der Waals surface area contributed by atoms with E-state index in [1.807, 2.05) is 25.8 Å². The Kier molecular flexibility index (Phi) is 12.0. The molecule has 0 aliphatic carbocycles. The fourth-order valence-corrected chi connectivity index (χ4v) is 5.14. The van der Waals surface area contributed by atoms with Gasteiger partial charge in [0.05, 0.1) is 5.75 Å². The molecule has 0 spiro atoms. The lowest BCUT2D eigenvalue weighted by atomic mass is 10.1. The highest BCUT2D eigenvalue weighted by atomic mass is 127. The largest absolute Gasteiger partial charge is 0.372 e. The van der Waals surface area contributed by atoms with E-state index in [2.05, 4.69) is 39.5 Å². The van der Waals surface area contributed by atoms with E-state index in [1.165, 1.54) is 34.8 Å². The van der Waals surface area contributed by atoms with Crippen molar-refractivity contribution in [2.75, 3.05) is 57.5 Å². The zero-order valence-electron chi connectivity index (χ0n) is 18.8. The van der Waals surface area contributed by atoms with Crippen molar-refractivity contribution < 1.29 is 8.42 Å². The van der Waals surface area contributed by atoms with Crippen LogP contribution < -0.4 is 10.2 Å². The molecule has 1 saturated heterocycles. The smallest absolute Gasteiger partial charge is 0.215 e. The molecule has 30 heavy (non-hydrogen) atoms. The summed E-state index contributed by atoms with van der Waals surface area (Å²) in [7, 11) is 0.451. The van der Waals surface area contributed by atoms with Crippen molar-refractivity contribution in [3.8, 4) is 0 Å². The Hall–Kier alpha value is -1.07. The Balaban J connectivity index is 0.00000450. The van der Waals surface area contributed by atoms with E-state index >= 15 is 0 Å². The van der Waals surface area contributed by atoms with Crippen LogP contribution in [0.5, 0.6) is 0 Å². The van der Waals surface area contributed by atoms with Gasteiger partial charge in [0.2, 0.25) is 10.0 Å². The van der Waals surface area contributed by atoms with Crippen LogP contribution in [-0.2, 0) is 16.6 Å². The number of anilines is 1. The number of guanidine groups is 1. The average molecular weight is 552 g/mol. The maximum Gasteiger partial charge on any atom is 0.215 e. The van der Waals surface area contributed by atoms with Crippen LogP contribution >= 0.6 is 24.0 Å². The molecular formula is C21H38IN5O2S. The van der Waals surface area contributed by atoms with E-state index in [4.69, 9.17) is 0 Å². The molecule has 172 valence electrons. The maximum absolute atomic E-state index is 12.3. The quantitative estimate of drug-likeness (QED) is 0.291. The number of piperidine rings is 1. The minimum absolute atomic E-state index is 0. The number of rotatable bonds is 9. The number of aliphatic imine (C=N–C) groups is 1. The summed E-state index contributed by atoms with van der Waals surface area (Å²) >= 11 is 0. The number of benzene rings is 1. The summed E-state index contributed by atoms with van der Waals surface area (Å²) in [5.41, 5.74) is 2.49. The molecule has 1 aliphatic heterocycles. The molecule has 9 heteroatoms. The molecule has 2 rings (SSSR count). The molecule has 0 atom stereocenters. The molecule has 1 aromatic carbocycles. The first-order chi connectivity index (χ1) is 13.9. The first kappa shape index (κ1) is 27.0. The highest BCUT2D eigenvalue weighted by Crippen LogP contribution is 2.20. The van der Waals surface area contributed by atoms with Crippen LogP contribution in [0.3, 0.4) is 0 Å². The number of sulfonamides is 1. The number of nitrogens with zero attached hydrogens (tertiary/aromatic N) is 4. The molecule has 7 nitrogen and oxygen atoms in total. The van der Waals surface area contributed by atoms with Crippen LogP contribution in [0.2, 0.25) is 0 Å². The van der Waals surface area contributed by atoms with Crippen LogP contribution in [-0.4, -0.2) is 76.2 Å². The van der Waals surface area contributed by atoms with Crippen LogP contribution in [0.15, 0.2) is 29.3 Å². The first-order valence-corrected chi connectivity index (χ1v) is 12.3. The SMILES string of the molecule is CCN(CC)S(=O)(=O)CCNC(=NC)N(C)Cc1ccc(N2CCCCC2)cc1.I. The normalized spacial score (nSPS) is 15.1. The molecule has 1 aliphatic rings. The van der Waals surface area contributed by atoms with Gasteiger partial charge in [-0.3, -0.25) is 4.99 Å². The minimum atomic E-state index is -3.23. The van der Waals surface area contributed by atoms with Crippen LogP contribution in [0.1, 0.15) is 38.7 Å². The molecule has 0 radical (unpaired) electrons. The maximum atomic E-state index is 12.3. The molecular weight excluding hydrogens is 513 g/mol. The number of halogens is 1.